The number of rotatable bonds is 3. The molecule has 2 aromatic carbocycles. The van der Waals surface area contributed by atoms with Gasteiger partial charge in [0, 0.05) is 28.4 Å². The molecule has 1 heterocycles. The maximum absolute atomic E-state index is 13.1. The zero-order chi connectivity index (χ0) is 17.8. The van der Waals surface area contributed by atoms with Gasteiger partial charge in [-0.2, -0.15) is 13.2 Å². The van der Waals surface area contributed by atoms with E-state index >= 15 is 0 Å². The van der Waals surface area contributed by atoms with Crippen molar-refractivity contribution in [3.63, 3.8) is 0 Å². The van der Waals surface area contributed by atoms with Crippen molar-refractivity contribution in [2.24, 2.45) is 11.7 Å². The van der Waals surface area contributed by atoms with Gasteiger partial charge in [0.05, 0.1) is 11.1 Å². The van der Waals surface area contributed by atoms with Gasteiger partial charge >= 0.3 is 6.18 Å². The van der Waals surface area contributed by atoms with E-state index in [-0.39, 0.29) is 0 Å². The summed E-state index contributed by atoms with van der Waals surface area (Å²) in [4.78, 5) is 11.8. The summed E-state index contributed by atoms with van der Waals surface area (Å²) in [7, 11) is 0. The minimum Gasteiger partial charge on any atom is -0.366 e. The Morgan fingerprint density at radius 3 is 2.64 bits per heavy atom. The lowest BCUT2D eigenvalue weighted by atomic mass is 9.85. The average Bonchev–Trinajstić information content (AvgIpc) is 2.83. The summed E-state index contributed by atoms with van der Waals surface area (Å²) in [6.45, 7) is 0.636. The average molecular weight is 345 g/mol. The fourth-order valence-electron chi connectivity index (χ4n) is 3.55. The lowest BCUT2D eigenvalue weighted by Crippen LogP contribution is -2.18. The summed E-state index contributed by atoms with van der Waals surface area (Å²) < 4.78 is 41.3. The quantitative estimate of drug-likeness (QED) is 0.746. The molecule has 2 N–H and O–H groups in total. The van der Waals surface area contributed by atoms with Gasteiger partial charge in [-0.15, -0.1) is 0 Å². The van der Waals surface area contributed by atoms with Gasteiger partial charge in [0.1, 0.15) is 0 Å². The van der Waals surface area contributed by atoms with Crippen molar-refractivity contribution in [3.05, 3.63) is 47.5 Å². The molecule has 1 amide bonds. The predicted molar refractivity (Wildman–Crippen MR) is 89.1 cm³/mol. The second kappa shape index (κ2) is 5.51. The second-order valence-electron chi connectivity index (χ2n) is 6.62. The molecule has 0 aliphatic heterocycles. The van der Waals surface area contributed by atoms with Gasteiger partial charge in [0.25, 0.3) is 0 Å². The highest BCUT2D eigenvalue weighted by Gasteiger charge is 2.32. The molecule has 0 bridgehead atoms. The van der Waals surface area contributed by atoms with E-state index in [0.717, 1.165) is 36.9 Å². The minimum atomic E-state index is -4.44. The normalized spacial score (nSPS) is 15.6. The van der Waals surface area contributed by atoms with Gasteiger partial charge in [-0.3, -0.25) is 4.79 Å². The molecule has 0 atom stereocenters. The third kappa shape index (κ3) is 2.56. The number of carbonyl (C=O) groups excluding carboxylic acids is 1. The Bertz CT molecular complexity index is 984. The number of amides is 1. The van der Waals surface area contributed by atoms with Crippen molar-refractivity contribution in [2.45, 2.75) is 32.0 Å². The van der Waals surface area contributed by atoms with Gasteiger partial charge in [-0.1, -0.05) is 12.5 Å². The Labute approximate surface area is 142 Å². The van der Waals surface area contributed by atoms with Crippen LogP contribution in [0.1, 0.15) is 35.2 Å². The zero-order valence-electron chi connectivity index (χ0n) is 13.4. The van der Waals surface area contributed by atoms with Crippen LogP contribution in [0.2, 0.25) is 0 Å². The topological polar surface area (TPSA) is 48.0 Å². The van der Waals surface area contributed by atoms with Gasteiger partial charge in [0.2, 0.25) is 5.91 Å². The van der Waals surface area contributed by atoms with Gasteiger partial charge in [0.15, 0.2) is 0 Å². The first-order chi connectivity index (χ1) is 11.9. The summed E-state index contributed by atoms with van der Waals surface area (Å²) in [5.74, 6) is -0.146. The van der Waals surface area contributed by atoms with E-state index in [0.29, 0.717) is 34.3 Å². The van der Waals surface area contributed by atoms with Crippen LogP contribution < -0.4 is 5.73 Å². The molecule has 1 saturated carbocycles. The highest BCUT2D eigenvalue weighted by atomic mass is 19.4. The van der Waals surface area contributed by atoms with E-state index in [1.54, 1.807) is 12.1 Å². The fourth-order valence-corrected chi connectivity index (χ4v) is 3.55. The Morgan fingerprint density at radius 2 is 2.04 bits per heavy atom. The standard InChI is InChI=1S/C19H16F3N2O/c20-19(21,22)12-7-8-13-16(9-12)24(10-11-3-1-4-11)15-6-2-5-14(17(13)15)18(23)25/h2,5-7,9,11H,1,3-4,10H2,(H2,23,25). The zero-order valence-corrected chi connectivity index (χ0v) is 13.4. The number of carbonyl (C=O) groups is 1. The van der Waals surface area contributed by atoms with Crippen LogP contribution >= 0.6 is 0 Å². The van der Waals surface area contributed by atoms with Crippen LogP contribution in [0.15, 0.2) is 30.3 Å². The van der Waals surface area contributed by atoms with Crippen molar-refractivity contribution in [1.29, 1.82) is 0 Å². The minimum absolute atomic E-state index is 0.311. The van der Waals surface area contributed by atoms with Crippen LogP contribution in [-0.4, -0.2) is 10.5 Å². The number of hydrogen-bond donors (Lipinski definition) is 1. The molecule has 0 unspecified atom stereocenters. The Hall–Kier alpha value is -2.50. The van der Waals surface area contributed by atoms with Crippen LogP contribution in [0.25, 0.3) is 21.8 Å². The molecule has 3 nitrogen and oxygen atoms in total. The van der Waals surface area contributed by atoms with E-state index in [1.807, 2.05) is 10.6 Å². The Kier molecular flexibility index (Phi) is 3.52. The molecule has 1 fully saturated rings. The van der Waals surface area contributed by atoms with E-state index in [2.05, 4.69) is 6.07 Å². The summed E-state index contributed by atoms with van der Waals surface area (Å²) in [5, 5.41) is 1.09. The Balaban J connectivity index is 2.05. The predicted octanol–water partition coefficient (Wildman–Crippen LogP) is 4.51. The first-order valence-electron chi connectivity index (χ1n) is 8.20. The number of hydrogen-bond acceptors (Lipinski definition) is 1. The highest BCUT2D eigenvalue weighted by Crippen LogP contribution is 2.38. The van der Waals surface area contributed by atoms with Gasteiger partial charge in [-0.05, 0) is 49.1 Å². The smallest absolute Gasteiger partial charge is 0.366 e. The molecule has 0 saturated heterocycles. The molecule has 3 aromatic rings. The molecule has 1 radical (unpaired) electrons. The molecular weight excluding hydrogens is 329 g/mol. The number of benzene rings is 2. The van der Waals surface area contributed by atoms with Crippen LogP contribution in [0.5, 0.6) is 0 Å². The van der Waals surface area contributed by atoms with E-state index < -0.39 is 17.6 Å². The largest absolute Gasteiger partial charge is 0.416 e. The summed E-state index contributed by atoms with van der Waals surface area (Å²) in [6, 6.07) is 9.96. The first-order valence-corrected chi connectivity index (χ1v) is 8.20. The van der Waals surface area contributed by atoms with Crippen molar-refractivity contribution in [2.75, 3.05) is 0 Å². The molecule has 0 spiro atoms. The molecular formula is C19H16F3N2O. The van der Waals surface area contributed by atoms with Crippen LogP contribution in [0.3, 0.4) is 0 Å². The lowest BCUT2D eigenvalue weighted by Gasteiger charge is -2.26. The maximum Gasteiger partial charge on any atom is 0.416 e. The van der Waals surface area contributed by atoms with Crippen LogP contribution in [0.4, 0.5) is 13.2 Å². The second-order valence-corrected chi connectivity index (χ2v) is 6.62. The summed E-state index contributed by atoms with van der Waals surface area (Å²) >= 11 is 0. The van der Waals surface area contributed by atoms with Crippen molar-refractivity contribution < 1.29 is 18.0 Å². The van der Waals surface area contributed by atoms with Gasteiger partial charge in [-0.25, -0.2) is 0 Å². The number of primary amides is 1. The molecule has 6 heteroatoms. The summed E-state index contributed by atoms with van der Waals surface area (Å²) in [6.07, 6.45) is -1.15. The van der Waals surface area contributed by atoms with E-state index in [1.165, 1.54) is 0 Å². The first kappa shape index (κ1) is 16.0. The monoisotopic (exact) mass is 345 g/mol. The van der Waals surface area contributed by atoms with Crippen molar-refractivity contribution in [1.82, 2.24) is 4.57 Å². The number of nitrogens with zero attached hydrogens (tertiary/aromatic N) is 1. The molecule has 25 heavy (non-hydrogen) atoms. The summed E-state index contributed by atoms with van der Waals surface area (Å²) in [5.41, 5.74) is 6.23. The molecule has 4 rings (SSSR count). The van der Waals surface area contributed by atoms with E-state index in [4.69, 9.17) is 5.73 Å². The van der Waals surface area contributed by atoms with Crippen LogP contribution in [-0.2, 0) is 12.7 Å². The number of fused-ring (bicyclic) bond motifs is 3. The Morgan fingerprint density at radius 1 is 1.28 bits per heavy atom. The molecule has 1 aromatic heterocycles. The number of alkyl halides is 3. The van der Waals surface area contributed by atoms with Crippen molar-refractivity contribution in [3.8, 4) is 0 Å². The number of halogens is 3. The fraction of sp³-hybridized carbons (Fsp3) is 0.316. The number of nitrogens with two attached hydrogens (primary N) is 1. The maximum atomic E-state index is 13.1. The third-order valence-electron chi connectivity index (χ3n) is 5.05. The molecule has 1 aliphatic carbocycles. The number of aromatic nitrogens is 1. The van der Waals surface area contributed by atoms with Gasteiger partial charge < -0.3 is 10.3 Å². The van der Waals surface area contributed by atoms with E-state index in [9.17, 15) is 18.0 Å². The third-order valence-corrected chi connectivity index (χ3v) is 5.05. The molecule has 129 valence electrons. The SMILES string of the molecule is NC(=O)c1cccc2c1c1[c]cc(C(F)(F)F)cc1n2CC1CCC1. The molecule has 1 aliphatic rings. The highest BCUT2D eigenvalue weighted by molar-refractivity contribution is 6.17. The lowest BCUT2D eigenvalue weighted by molar-refractivity contribution is -0.137. The van der Waals surface area contributed by atoms with Crippen LogP contribution in [0, 0.1) is 12.0 Å². The van der Waals surface area contributed by atoms with Crippen molar-refractivity contribution >= 4 is 27.7 Å².